The molecule has 1 aliphatic heterocycles. The highest BCUT2D eigenvalue weighted by atomic mass is 16.6. The Morgan fingerprint density at radius 1 is 1.18 bits per heavy atom. The number of quaternary nitrogens is 1. The fourth-order valence-electron chi connectivity index (χ4n) is 3.18. The molecule has 0 atom stereocenters. The lowest BCUT2D eigenvalue weighted by atomic mass is 10.1. The van der Waals surface area contributed by atoms with Gasteiger partial charge >= 0.3 is 11.1 Å². The highest BCUT2D eigenvalue weighted by Gasteiger charge is 2.29. The number of nitrogens with zero attached hydrogens (tertiary/aromatic N) is 2. The highest BCUT2D eigenvalue weighted by Crippen LogP contribution is 2.27. The Balaban J connectivity index is 2.21. The monoisotopic (exact) mass is 305 g/mol. The lowest BCUT2D eigenvalue weighted by Crippen LogP contribution is -2.40. The Hall–Kier alpha value is -2.48. The molecule has 2 N–H and O–H groups in total. The van der Waals surface area contributed by atoms with Gasteiger partial charge in [-0.2, -0.15) is 0 Å². The van der Waals surface area contributed by atoms with Crippen molar-refractivity contribution in [1.82, 2.24) is 9.97 Å². The second-order valence-corrected chi connectivity index (χ2v) is 6.12. The first kappa shape index (κ1) is 14.5. The number of non-ortho nitro benzene ring substituents is 1. The predicted octanol–water partition coefficient (Wildman–Crippen LogP) is 0.865. The van der Waals surface area contributed by atoms with Crippen molar-refractivity contribution in [2.24, 2.45) is 0 Å². The molecule has 116 valence electrons. The zero-order valence-corrected chi connectivity index (χ0v) is 12.2. The molecule has 2 aromatic rings. The summed E-state index contributed by atoms with van der Waals surface area (Å²) in [6.07, 6.45) is 2.24. The van der Waals surface area contributed by atoms with Gasteiger partial charge in [-0.25, -0.2) is 0 Å². The van der Waals surface area contributed by atoms with Gasteiger partial charge in [0.05, 0.1) is 36.1 Å². The molecule has 1 aliphatic rings. The zero-order valence-electron chi connectivity index (χ0n) is 12.2. The average molecular weight is 305 g/mol. The van der Waals surface area contributed by atoms with Crippen molar-refractivity contribution in [3.8, 4) is 0 Å². The first-order chi connectivity index (χ1) is 10.4. The van der Waals surface area contributed by atoms with Gasteiger partial charge in [-0.05, 0) is 0 Å². The maximum atomic E-state index is 11.6. The van der Waals surface area contributed by atoms with Crippen LogP contribution in [0.25, 0.3) is 11.0 Å². The first-order valence-electron chi connectivity index (χ1n) is 7.15. The molecule has 8 nitrogen and oxygen atoms in total. The van der Waals surface area contributed by atoms with E-state index in [4.69, 9.17) is 0 Å². The molecule has 1 aromatic heterocycles. The summed E-state index contributed by atoms with van der Waals surface area (Å²) in [5.74, 6) is 0. The molecular formula is C14H17N4O4+. The van der Waals surface area contributed by atoms with E-state index in [-0.39, 0.29) is 5.69 Å². The third-order valence-electron chi connectivity index (χ3n) is 4.31. The Labute approximate surface area is 125 Å². The predicted molar refractivity (Wildman–Crippen MR) is 80.7 cm³/mol. The molecule has 0 radical (unpaired) electrons. The number of rotatable bonds is 3. The van der Waals surface area contributed by atoms with Crippen molar-refractivity contribution in [3.05, 3.63) is 48.5 Å². The molecule has 1 aromatic carbocycles. The van der Waals surface area contributed by atoms with E-state index < -0.39 is 16.0 Å². The molecule has 8 heteroatoms. The van der Waals surface area contributed by atoms with Crippen LogP contribution in [-0.4, -0.2) is 39.5 Å². The Morgan fingerprint density at radius 2 is 1.82 bits per heavy atom. The van der Waals surface area contributed by atoms with Crippen LogP contribution < -0.4 is 11.1 Å². The lowest BCUT2D eigenvalue weighted by Gasteiger charge is -2.29. The maximum absolute atomic E-state index is 11.6. The van der Waals surface area contributed by atoms with Gasteiger partial charge in [0.1, 0.15) is 6.54 Å². The largest absolute Gasteiger partial charge is 0.322 e. The number of nitro groups is 1. The van der Waals surface area contributed by atoms with Gasteiger partial charge in [-0.15, -0.1) is 0 Å². The van der Waals surface area contributed by atoms with Crippen LogP contribution in [0.1, 0.15) is 18.4 Å². The van der Waals surface area contributed by atoms with E-state index in [1.165, 1.54) is 12.1 Å². The molecule has 0 bridgehead atoms. The number of benzene rings is 1. The quantitative estimate of drug-likeness (QED) is 0.379. The van der Waals surface area contributed by atoms with Gasteiger partial charge in [0.15, 0.2) is 0 Å². The molecular weight excluding hydrogens is 288 g/mol. The normalized spacial score (nSPS) is 17.0. The van der Waals surface area contributed by atoms with Crippen LogP contribution in [0.5, 0.6) is 0 Å². The van der Waals surface area contributed by atoms with Gasteiger partial charge in [-0.3, -0.25) is 19.7 Å². The highest BCUT2D eigenvalue weighted by molar-refractivity contribution is 5.80. The third kappa shape index (κ3) is 2.52. The summed E-state index contributed by atoms with van der Waals surface area (Å²) in [5, 5.41) is 11.1. The molecule has 0 unspecified atom stereocenters. The summed E-state index contributed by atoms with van der Waals surface area (Å²) in [7, 11) is 2.10. The Kier molecular flexibility index (Phi) is 3.32. The number of nitrogens with one attached hydrogen (secondary N) is 2. The molecule has 3 rings (SSSR count). The van der Waals surface area contributed by atoms with Crippen LogP contribution in [0.4, 0.5) is 5.69 Å². The number of likely N-dealkylation sites (tertiary alicyclic amines) is 1. The standard InChI is InChI=1S/C14H16N4O4/c1-18(4-2-3-5-18)8-9-6-10(17(21)22)7-11-12(9)16-14(20)13(19)15-11/h6-7H,2-5,8H2,1H3,(H-,15,16,19,20)/p+1. The number of aromatic amines is 2. The smallest absolute Gasteiger partial charge is 0.314 e. The number of nitro benzene ring substituents is 1. The van der Waals surface area contributed by atoms with Crippen LogP contribution >= 0.6 is 0 Å². The van der Waals surface area contributed by atoms with Crippen LogP contribution in [0.2, 0.25) is 0 Å². The molecule has 0 saturated carbocycles. The van der Waals surface area contributed by atoms with Gasteiger partial charge in [0, 0.05) is 30.5 Å². The van der Waals surface area contributed by atoms with Gasteiger partial charge in [0.2, 0.25) is 0 Å². The van der Waals surface area contributed by atoms with E-state index in [0.29, 0.717) is 23.1 Å². The minimum atomic E-state index is -0.805. The molecule has 1 fully saturated rings. The number of aromatic nitrogens is 2. The number of fused-ring (bicyclic) bond motifs is 1. The van der Waals surface area contributed by atoms with E-state index in [2.05, 4.69) is 17.0 Å². The fourth-order valence-corrected chi connectivity index (χ4v) is 3.18. The SMILES string of the molecule is C[N+]1(Cc2cc([N+](=O)[O-])cc3[nH]c(=O)c(=O)[nH]c23)CCCC1. The van der Waals surface area contributed by atoms with Crippen LogP contribution in [0.15, 0.2) is 21.7 Å². The zero-order chi connectivity index (χ0) is 15.9. The second-order valence-electron chi connectivity index (χ2n) is 6.12. The van der Waals surface area contributed by atoms with Crippen molar-refractivity contribution in [1.29, 1.82) is 0 Å². The lowest BCUT2D eigenvalue weighted by molar-refractivity contribution is -0.910. The van der Waals surface area contributed by atoms with Crippen molar-refractivity contribution in [2.45, 2.75) is 19.4 Å². The van der Waals surface area contributed by atoms with Gasteiger partial charge in [0.25, 0.3) is 5.69 Å². The molecule has 2 heterocycles. The molecule has 0 spiro atoms. The summed E-state index contributed by atoms with van der Waals surface area (Å²) in [6, 6.07) is 2.76. The van der Waals surface area contributed by atoms with Crippen molar-refractivity contribution in [2.75, 3.05) is 20.1 Å². The maximum Gasteiger partial charge on any atom is 0.314 e. The number of hydrogen-bond donors (Lipinski definition) is 2. The minimum absolute atomic E-state index is 0.0870. The Bertz CT molecular complexity index is 861. The van der Waals surface area contributed by atoms with Crippen molar-refractivity contribution < 1.29 is 9.41 Å². The van der Waals surface area contributed by atoms with Crippen LogP contribution in [-0.2, 0) is 6.54 Å². The number of H-pyrrole nitrogens is 2. The van der Waals surface area contributed by atoms with E-state index >= 15 is 0 Å². The van der Waals surface area contributed by atoms with E-state index in [1.54, 1.807) is 0 Å². The van der Waals surface area contributed by atoms with Gasteiger partial charge in [-0.1, -0.05) is 0 Å². The van der Waals surface area contributed by atoms with Crippen molar-refractivity contribution >= 4 is 16.7 Å². The molecule has 22 heavy (non-hydrogen) atoms. The average Bonchev–Trinajstić information content (AvgIpc) is 2.87. The van der Waals surface area contributed by atoms with E-state index in [9.17, 15) is 19.7 Å². The molecule has 1 saturated heterocycles. The summed E-state index contributed by atoms with van der Waals surface area (Å²) in [5.41, 5.74) is -0.189. The van der Waals surface area contributed by atoms with E-state index in [0.717, 1.165) is 30.4 Å². The second kappa shape index (κ2) is 5.06. The molecule has 0 amide bonds. The number of hydrogen-bond acceptors (Lipinski definition) is 4. The van der Waals surface area contributed by atoms with Crippen LogP contribution in [0, 0.1) is 10.1 Å². The summed E-state index contributed by atoms with van der Waals surface area (Å²) >= 11 is 0. The fraction of sp³-hybridized carbons (Fsp3) is 0.429. The van der Waals surface area contributed by atoms with Crippen molar-refractivity contribution in [3.63, 3.8) is 0 Å². The topological polar surface area (TPSA) is 109 Å². The van der Waals surface area contributed by atoms with Gasteiger partial charge < -0.3 is 14.5 Å². The third-order valence-corrected chi connectivity index (χ3v) is 4.31. The summed E-state index contributed by atoms with van der Waals surface area (Å²) < 4.78 is 0.775. The van der Waals surface area contributed by atoms with E-state index in [1.807, 2.05) is 0 Å². The Morgan fingerprint density at radius 3 is 2.45 bits per heavy atom. The first-order valence-corrected chi connectivity index (χ1v) is 7.15. The minimum Gasteiger partial charge on any atom is -0.322 e. The molecule has 0 aliphatic carbocycles. The summed E-state index contributed by atoms with van der Waals surface area (Å²) in [4.78, 5) is 38.6. The summed E-state index contributed by atoms with van der Waals surface area (Å²) in [6.45, 7) is 2.58. The van der Waals surface area contributed by atoms with Crippen LogP contribution in [0.3, 0.4) is 0 Å².